The van der Waals surface area contributed by atoms with Crippen LogP contribution in [0.15, 0.2) is 54.6 Å². The number of hydrogen-bond donors (Lipinski definition) is 1. The third-order valence-electron chi connectivity index (χ3n) is 4.09. The molecule has 0 fully saturated rings. The molecule has 3 rings (SSSR count). The Morgan fingerprint density at radius 1 is 1.08 bits per heavy atom. The number of nitrogens with zero attached hydrogens (tertiary/aromatic N) is 1. The second kappa shape index (κ2) is 9.57. The van der Waals surface area contributed by atoms with E-state index in [-0.39, 0.29) is 24.4 Å². The van der Waals surface area contributed by atoms with Gasteiger partial charge >= 0.3 is 0 Å². The first-order chi connectivity index (χ1) is 12.1. The van der Waals surface area contributed by atoms with Crippen molar-refractivity contribution in [1.82, 2.24) is 10.2 Å². The normalized spacial score (nSPS) is 18.4. The lowest BCUT2D eigenvalue weighted by Gasteiger charge is -2.32. The highest BCUT2D eigenvalue weighted by Crippen LogP contribution is 2.38. The molecule has 1 heterocycles. The number of benzene rings is 2. The van der Waals surface area contributed by atoms with E-state index in [1.807, 2.05) is 68.7 Å². The van der Waals surface area contributed by atoms with E-state index >= 15 is 0 Å². The lowest BCUT2D eigenvalue weighted by atomic mass is 9.99. The van der Waals surface area contributed by atoms with Crippen LogP contribution < -0.4 is 10.1 Å². The average Bonchev–Trinajstić information content (AvgIpc) is 2.64. The molecule has 0 radical (unpaired) electrons. The largest absolute Gasteiger partial charge is 0.455 e. The molecule has 5 nitrogen and oxygen atoms in total. The molecule has 0 spiro atoms. The number of halogens is 1. The Bertz CT molecular complexity index is 709. The smallest absolute Gasteiger partial charge is 0.289 e. The van der Waals surface area contributed by atoms with Crippen molar-refractivity contribution in [3.05, 3.63) is 65.7 Å². The molecule has 26 heavy (non-hydrogen) atoms. The summed E-state index contributed by atoms with van der Waals surface area (Å²) in [5, 5.41) is 2.89. The fourth-order valence-electron chi connectivity index (χ4n) is 2.84. The quantitative estimate of drug-likeness (QED) is 0.787. The summed E-state index contributed by atoms with van der Waals surface area (Å²) < 4.78 is 11.8. The first-order valence-corrected chi connectivity index (χ1v) is 8.53. The Kier molecular flexibility index (Phi) is 7.45. The fraction of sp³-hybridized carbons (Fsp3) is 0.350. The van der Waals surface area contributed by atoms with E-state index in [0.29, 0.717) is 12.3 Å². The predicted molar refractivity (Wildman–Crippen MR) is 104 cm³/mol. The van der Waals surface area contributed by atoms with Gasteiger partial charge in [-0.2, -0.15) is 0 Å². The summed E-state index contributed by atoms with van der Waals surface area (Å²) in [5.41, 5.74) is 1.94. The maximum atomic E-state index is 12.5. The number of carbonyl (C=O) groups is 1. The van der Waals surface area contributed by atoms with Crippen LogP contribution in [0.2, 0.25) is 0 Å². The van der Waals surface area contributed by atoms with Crippen LogP contribution in [0.25, 0.3) is 0 Å². The molecule has 2 aromatic carbocycles. The van der Waals surface area contributed by atoms with E-state index < -0.39 is 6.29 Å². The molecule has 2 aromatic rings. The zero-order valence-electron chi connectivity index (χ0n) is 15.1. The van der Waals surface area contributed by atoms with Gasteiger partial charge in [0.1, 0.15) is 11.9 Å². The Morgan fingerprint density at radius 3 is 2.50 bits per heavy atom. The average molecular weight is 377 g/mol. The molecular weight excluding hydrogens is 352 g/mol. The van der Waals surface area contributed by atoms with Crippen LogP contribution in [0, 0.1) is 0 Å². The maximum absolute atomic E-state index is 12.5. The van der Waals surface area contributed by atoms with E-state index in [2.05, 4.69) is 10.2 Å². The van der Waals surface area contributed by atoms with Crippen LogP contribution in [0.5, 0.6) is 5.75 Å². The number of fused-ring (bicyclic) bond motifs is 1. The minimum Gasteiger partial charge on any atom is -0.455 e. The first-order valence-electron chi connectivity index (χ1n) is 8.53. The summed E-state index contributed by atoms with van der Waals surface area (Å²) in [7, 11) is 4.02. The number of carbonyl (C=O) groups excluding carboxylic acids is 1. The SMILES string of the molecule is CN(C)CCCNC(=O)[C@H]1Oc2ccccc2[C@@H](c2ccccc2)O1.Cl. The standard InChI is InChI=1S/C20H24N2O3.ClH/c1-22(2)14-8-13-21-19(23)20-24-17-12-7-6-11-16(17)18(25-20)15-9-4-3-5-10-15;/h3-7,9-12,18,20H,8,13-14H2,1-2H3,(H,21,23);1H/t18-,20+;/m1./s1. The monoisotopic (exact) mass is 376 g/mol. The van der Waals surface area contributed by atoms with E-state index in [9.17, 15) is 4.79 Å². The van der Waals surface area contributed by atoms with Crippen molar-refractivity contribution >= 4 is 18.3 Å². The Hall–Kier alpha value is -2.08. The van der Waals surface area contributed by atoms with Crippen LogP contribution in [0.4, 0.5) is 0 Å². The third-order valence-corrected chi connectivity index (χ3v) is 4.09. The second-order valence-corrected chi connectivity index (χ2v) is 6.36. The van der Waals surface area contributed by atoms with Gasteiger partial charge in [0.05, 0.1) is 0 Å². The summed E-state index contributed by atoms with van der Waals surface area (Å²) in [6, 6.07) is 17.6. The number of hydrogen-bond acceptors (Lipinski definition) is 4. The van der Waals surface area contributed by atoms with Gasteiger partial charge in [-0.05, 0) is 38.7 Å². The summed E-state index contributed by atoms with van der Waals surface area (Å²) in [6.45, 7) is 1.51. The number of ether oxygens (including phenoxy) is 2. The Balaban J connectivity index is 0.00000243. The molecule has 1 aliphatic heterocycles. The van der Waals surface area contributed by atoms with Crippen LogP contribution in [-0.4, -0.2) is 44.3 Å². The number of para-hydroxylation sites is 1. The van der Waals surface area contributed by atoms with Gasteiger partial charge in [-0.25, -0.2) is 0 Å². The molecule has 0 saturated carbocycles. The van der Waals surface area contributed by atoms with Gasteiger partial charge in [-0.15, -0.1) is 12.4 Å². The number of rotatable bonds is 6. The van der Waals surface area contributed by atoms with E-state index in [4.69, 9.17) is 9.47 Å². The van der Waals surface area contributed by atoms with Crippen LogP contribution in [-0.2, 0) is 9.53 Å². The molecule has 0 aromatic heterocycles. The predicted octanol–water partition coefficient (Wildman–Crippen LogP) is 3.00. The highest BCUT2D eigenvalue weighted by Gasteiger charge is 2.33. The van der Waals surface area contributed by atoms with Crippen molar-refractivity contribution in [3.8, 4) is 5.75 Å². The Morgan fingerprint density at radius 2 is 1.77 bits per heavy atom. The van der Waals surface area contributed by atoms with Crippen LogP contribution >= 0.6 is 12.4 Å². The summed E-state index contributed by atoms with van der Waals surface area (Å²) in [6.07, 6.45) is -0.382. The van der Waals surface area contributed by atoms with Gasteiger partial charge in [0.25, 0.3) is 12.2 Å². The van der Waals surface area contributed by atoms with Gasteiger partial charge in [-0.1, -0.05) is 48.5 Å². The van der Waals surface area contributed by atoms with Crippen LogP contribution in [0.1, 0.15) is 23.7 Å². The van der Waals surface area contributed by atoms with Gasteiger partial charge in [-0.3, -0.25) is 4.79 Å². The van der Waals surface area contributed by atoms with Gasteiger partial charge in [0, 0.05) is 12.1 Å². The zero-order valence-corrected chi connectivity index (χ0v) is 15.9. The molecule has 1 N–H and O–H groups in total. The minimum atomic E-state index is -0.945. The fourth-order valence-corrected chi connectivity index (χ4v) is 2.84. The molecular formula is C20H25ClN2O3. The summed E-state index contributed by atoms with van der Waals surface area (Å²) in [5.74, 6) is 0.449. The van der Waals surface area contributed by atoms with Crippen molar-refractivity contribution in [1.29, 1.82) is 0 Å². The van der Waals surface area contributed by atoms with E-state index in [0.717, 1.165) is 24.1 Å². The summed E-state index contributed by atoms with van der Waals surface area (Å²) >= 11 is 0. The molecule has 1 amide bonds. The van der Waals surface area contributed by atoms with Gasteiger partial charge < -0.3 is 19.7 Å². The van der Waals surface area contributed by atoms with Crippen molar-refractivity contribution in [2.45, 2.75) is 18.8 Å². The number of nitrogens with one attached hydrogen (secondary N) is 1. The second-order valence-electron chi connectivity index (χ2n) is 6.36. The lowest BCUT2D eigenvalue weighted by molar-refractivity contribution is -0.165. The van der Waals surface area contributed by atoms with E-state index in [1.165, 1.54) is 0 Å². The first kappa shape index (κ1) is 20.2. The molecule has 0 unspecified atom stereocenters. The Labute approximate surface area is 160 Å². The molecule has 0 bridgehead atoms. The third kappa shape index (κ3) is 4.97. The zero-order chi connectivity index (χ0) is 17.6. The topological polar surface area (TPSA) is 50.8 Å². The maximum Gasteiger partial charge on any atom is 0.289 e. The van der Waals surface area contributed by atoms with Gasteiger partial charge in [0.15, 0.2) is 0 Å². The highest BCUT2D eigenvalue weighted by molar-refractivity contribution is 5.85. The molecule has 2 atom stereocenters. The number of amides is 1. The highest BCUT2D eigenvalue weighted by atomic mass is 35.5. The minimum absolute atomic E-state index is 0. The summed E-state index contributed by atoms with van der Waals surface area (Å²) in [4.78, 5) is 14.5. The molecule has 1 aliphatic rings. The molecule has 140 valence electrons. The van der Waals surface area contributed by atoms with Crippen molar-refractivity contribution in [3.63, 3.8) is 0 Å². The van der Waals surface area contributed by atoms with E-state index in [1.54, 1.807) is 0 Å². The molecule has 0 saturated heterocycles. The van der Waals surface area contributed by atoms with Crippen molar-refractivity contribution < 1.29 is 14.3 Å². The lowest BCUT2D eigenvalue weighted by Crippen LogP contribution is -2.43. The molecule has 0 aliphatic carbocycles. The van der Waals surface area contributed by atoms with Crippen molar-refractivity contribution in [2.24, 2.45) is 0 Å². The van der Waals surface area contributed by atoms with Crippen molar-refractivity contribution in [2.75, 3.05) is 27.2 Å². The molecule has 6 heteroatoms. The van der Waals surface area contributed by atoms with Crippen LogP contribution in [0.3, 0.4) is 0 Å². The van der Waals surface area contributed by atoms with Gasteiger partial charge in [0.2, 0.25) is 0 Å².